The standard InChI is InChI=1S/C8H9F7O2/c9-1-2(10)3(11)4(12)5(13)6(14)7(15)8(16)17/h2-7H,1H2,(H,16,17). The number of aliphatic carboxylic acids is 1. The minimum absolute atomic E-state index is 1.97. The molecule has 0 radical (unpaired) electrons. The van der Waals surface area contributed by atoms with E-state index in [0.717, 1.165) is 0 Å². The van der Waals surface area contributed by atoms with Gasteiger partial charge in [0.25, 0.3) is 0 Å². The Morgan fingerprint density at radius 2 is 1.29 bits per heavy atom. The molecule has 9 heteroatoms. The van der Waals surface area contributed by atoms with Crippen molar-refractivity contribution in [3.05, 3.63) is 0 Å². The van der Waals surface area contributed by atoms with Crippen LogP contribution in [0.15, 0.2) is 0 Å². The third kappa shape index (κ3) is 4.04. The van der Waals surface area contributed by atoms with E-state index in [0.29, 0.717) is 0 Å². The molecule has 6 unspecified atom stereocenters. The minimum Gasteiger partial charge on any atom is -0.479 e. The Morgan fingerprint density at radius 3 is 1.65 bits per heavy atom. The van der Waals surface area contributed by atoms with Gasteiger partial charge < -0.3 is 5.11 Å². The smallest absolute Gasteiger partial charge is 0.341 e. The van der Waals surface area contributed by atoms with E-state index in [-0.39, 0.29) is 0 Å². The highest BCUT2D eigenvalue weighted by Crippen LogP contribution is 2.24. The van der Waals surface area contributed by atoms with Crippen LogP contribution in [0.1, 0.15) is 0 Å². The lowest BCUT2D eigenvalue weighted by atomic mass is 10.0. The second-order valence-corrected chi connectivity index (χ2v) is 3.19. The summed E-state index contributed by atoms with van der Waals surface area (Å²) in [6, 6.07) is 0. The lowest BCUT2D eigenvalue weighted by Gasteiger charge is -2.22. The van der Waals surface area contributed by atoms with Gasteiger partial charge in [-0.2, -0.15) is 0 Å². The maximum absolute atomic E-state index is 12.8. The zero-order valence-electron chi connectivity index (χ0n) is 8.17. The Kier molecular flexibility index (Phi) is 6.25. The monoisotopic (exact) mass is 270 g/mol. The van der Waals surface area contributed by atoms with Crippen molar-refractivity contribution in [3.63, 3.8) is 0 Å². The van der Waals surface area contributed by atoms with Gasteiger partial charge in [0, 0.05) is 0 Å². The molecule has 0 aliphatic carbocycles. The van der Waals surface area contributed by atoms with Crippen molar-refractivity contribution in [3.8, 4) is 0 Å². The molecule has 0 aromatic rings. The SMILES string of the molecule is O=C(O)C(F)C(F)C(F)C(F)C(F)C(F)CF. The topological polar surface area (TPSA) is 37.3 Å². The molecular formula is C8H9F7O2. The summed E-state index contributed by atoms with van der Waals surface area (Å²) < 4.78 is 87.0. The summed E-state index contributed by atoms with van der Waals surface area (Å²) in [5, 5.41) is 7.95. The maximum atomic E-state index is 12.8. The number of halogens is 7. The average Bonchev–Trinajstić information content (AvgIpc) is 2.32. The minimum atomic E-state index is -3.54. The van der Waals surface area contributed by atoms with E-state index in [9.17, 15) is 35.5 Å². The Labute approximate surface area is 91.4 Å². The molecule has 0 heterocycles. The highest BCUT2D eigenvalue weighted by atomic mass is 19.2. The van der Waals surface area contributed by atoms with E-state index < -0.39 is 49.7 Å². The zero-order chi connectivity index (χ0) is 13.7. The molecular weight excluding hydrogens is 261 g/mol. The van der Waals surface area contributed by atoms with E-state index >= 15 is 0 Å². The van der Waals surface area contributed by atoms with Crippen molar-refractivity contribution >= 4 is 5.97 Å². The summed E-state index contributed by atoms with van der Waals surface area (Å²) in [4.78, 5) is 9.90. The first-order chi connectivity index (χ1) is 7.73. The molecule has 0 aromatic carbocycles. The van der Waals surface area contributed by atoms with Crippen molar-refractivity contribution in [2.45, 2.75) is 37.0 Å². The Balaban J connectivity index is 4.58. The number of rotatable bonds is 7. The van der Waals surface area contributed by atoms with Crippen molar-refractivity contribution in [1.29, 1.82) is 0 Å². The van der Waals surface area contributed by atoms with Crippen LogP contribution in [-0.4, -0.2) is 54.8 Å². The van der Waals surface area contributed by atoms with Gasteiger partial charge >= 0.3 is 5.97 Å². The van der Waals surface area contributed by atoms with Crippen LogP contribution >= 0.6 is 0 Å². The van der Waals surface area contributed by atoms with Gasteiger partial charge in [-0.15, -0.1) is 0 Å². The van der Waals surface area contributed by atoms with Crippen molar-refractivity contribution in [2.75, 3.05) is 6.67 Å². The molecule has 0 aliphatic rings. The predicted molar refractivity (Wildman–Crippen MR) is 43.0 cm³/mol. The van der Waals surface area contributed by atoms with E-state index in [4.69, 9.17) is 5.11 Å². The highest BCUT2D eigenvalue weighted by molar-refractivity contribution is 5.73. The molecule has 17 heavy (non-hydrogen) atoms. The molecule has 6 atom stereocenters. The Bertz CT molecular complexity index is 252. The van der Waals surface area contributed by atoms with Crippen molar-refractivity contribution < 1.29 is 40.6 Å². The van der Waals surface area contributed by atoms with Gasteiger partial charge in [0.05, 0.1) is 0 Å². The number of hydrogen-bond acceptors (Lipinski definition) is 1. The number of hydrogen-bond donors (Lipinski definition) is 1. The van der Waals surface area contributed by atoms with E-state index in [1.54, 1.807) is 0 Å². The summed E-state index contributed by atoms with van der Waals surface area (Å²) in [6.45, 7) is -1.97. The molecule has 0 rings (SSSR count). The molecule has 1 N–H and O–H groups in total. The van der Waals surface area contributed by atoms with Gasteiger partial charge in [-0.05, 0) is 0 Å². The van der Waals surface area contributed by atoms with Crippen LogP contribution < -0.4 is 0 Å². The average molecular weight is 270 g/mol. The third-order valence-electron chi connectivity index (χ3n) is 1.92. The maximum Gasteiger partial charge on any atom is 0.341 e. The molecule has 102 valence electrons. The fraction of sp³-hybridized carbons (Fsp3) is 0.875. The summed E-state index contributed by atoms with van der Waals surface area (Å²) >= 11 is 0. The van der Waals surface area contributed by atoms with Crippen molar-refractivity contribution in [2.24, 2.45) is 0 Å². The molecule has 0 amide bonds. The highest BCUT2D eigenvalue weighted by Gasteiger charge is 2.45. The molecule has 2 nitrogen and oxygen atoms in total. The number of carbonyl (C=O) groups is 1. The van der Waals surface area contributed by atoms with Gasteiger partial charge in [-0.25, -0.2) is 35.5 Å². The van der Waals surface area contributed by atoms with Gasteiger partial charge in [-0.1, -0.05) is 0 Å². The van der Waals surface area contributed by atoms with E-state index in [1.807, 2.05) is 0 Å². The van der Waals surface area contributed by atoms with Crippen molar-refractivity contribution in [1.82, 2.24) is 0 Å². The van der Waals surface area contributed by atoms with E-state index in [2.05, 4.69) is 0 Å². The van der Waals surface area contributed by atoms with Crippen LogP contribution in [0.4, 0.5) is 30.7 Å². The molecule has 0 aliphatic heterocycles. The van der Waals surface area contributed by atoms with Crippen LogP contribution in [0.3, 0.4) is 0 Å². The number of alkyl halides is 7. The first-order valence-electron chi connectivity index (χ1n) is 4.37. The number of carboxylic acids is 1. The lowest BCUT2D eigenvalue weighted by Crippen LogP contribution is -2.45. The van der Waals surface area contributed by atoms with Gasteiger partial charge in [0.2, 0.25) is 6.17 Å². The second kappa shape index (κ2) is 6.65. The number of carboxylic acid groups (broad SMARTS) is 1. The summed E-state index contributed by atoms with van der Waals surface area (Å²) in [5.74, 6) is -2.41. The summed E-state index contributed by atoms with van der Waals surface area (Å²) in [6.07, 6.45) is -20.3. The third-order valence-corrected chi connectivity index (χ3v) is 1.92. The van der Waals surface area contributed by atoms with Crippen LogP contribution in [0.2, 0.25) is 0 Å². The molecule has 0 fully saturated rings. The molecule has 0 spiro atoms. The molecule has 0 saturated heterocycles. The normalized spacial score (nSPS) is 22.3. The van der Waals surface area contributed by atoms with Crippen LogP contribution in [-0.2, 0) is 4.79 Å². The van der Waals surface area contributed by atoms with Crippen LogP contribution in [0.25, 0.3) is 0 Å². The second-order valence-electron chi connectivity index (χ2n) is 3.19. The fourth-order valence-electron chi connectivity index (χ4n) is 0.933. The first-order valence-corrected chi connectivity index (χ1v) is 4.37. The summed E-state index contributed by atoms with van der Waals surface area (Å²) in [7, 11) is 0. The van der Waals surface area contributed by atoms with Gasteiger partial charge in [0.15, 0.2) is 30.9 Å². The first kappa shape index (κ1) is 16.0. The quantitative estimate of drug-likeness (QED) is 0.719. The summed E-state index contributed by atoms with van der Waals surface area (Å²) in [5.41, 5.74) is 0. The zero-order valence-corrected chi connectivity index (χ0v) is 8.17. The van der Waals surface area contributed by atoms with Gasteiger partial charge in [0.1, 0.15) is 6.67 Å². The lowest BCUT2D eigenvalue weighted by molar-refractivity contribution is -0.147. The molecule has 0 saturated carbocycles. The van der Waals surface area contributed by atoms with E-state index in [1.165, 1.54) is 0 Å². The molecule has 0 aromatic heterocycles. The van der Waals surface area contributed by atoms with Crippen LogP contribution in [0.5, 0.6) is 0 Å². The van der Waals surface area contributed by atoms with Crippen LogP contribution in [0, 0.1) is 0 Å². The largest absolute Gasteiger partial charge is 0.479 e. The van der Waals surface area contributed by atoms with Gasteiger partial charge in [-0.3, -0.25) is 0 Å². The Hall–Kier alpha value is -1.02. The molecule has 0 bridgehead atoms. The Morgan fingerprint density at radius 1 is 0.882 bits per heavy atom. The predicted octanol–water partition coefficient (Wildman–Crippen LogP) is 2.07. The fourth-order valence-corrected chi connectivity index (χ4v) is 0.933.